The molecular formula is C24H41F3N2O3. The van der Waals surface area contributed by atoms with E-state index in [1.165, 1.54) is 19.2 Å². The summed E-state index contributed by atoms with van der Waals surface area (Å²) in [4.78, 5) is 13.7. The van der Waals surface area contributed by atoms with Crippen molar-refractivity contribution in [3.05, 3.63) is 29.3 Å². The standard InChI is InChI=1S/C18H23F3N2O2.C3H8O.C2H6.CH4/c1-25-17(24)12-5-8-23(9-6-12)16-10-14(18(19,20)21)2-3-15(16)13-4-7-22-11-13;1-3-4-2;1-2;/h2-3,10,12-13,22H,4-9,11H2,1H3;3H2,1-2H3;1-2H3;1H4. The number of nitrogens with one attached hydrogen (secondary N) is 1. The van der Waals surface area contributed by atoms with E-state index in [1.54, 1.807) is 13.2 Å². The van der Waals surface area contributed by atoms with E-state index in [9.17, 15) is 18.0 Å². The van der Waals surface area contributed by atoms with Crippen molar-refractivity contribution < 1.29 is 27.4 Å². The largest absolute Gasteiger partial charge is 0.469 e. The predicted octanol–water partition coefficient (Wildman–Crippen LogP) is 5.49. The SMILES string of the molecule is C.CC.CCOC.COC(=O)C1CCN(c2cc(C(F)(F)F)ccc2C2CCNC2)CC1. The summed E-state index contributed by atoms with van der Waals surface area (Å²) in [5.41, 5.74) is 1.01. The van der Waals surface area contributed by atoms with Gasteiger partial charge in [-0.15, -0.1) is 0 Å². The van der Waals surface area contributed by atoms with Crippen LogP contribution in [0.25, 0.3) is 0 Å². The number of esters is 1. The lowest BCUT2D eigenvalue weighted by Crippen LogP contribution is -2.37. The molecule has 8 heteroatoms. The molecule has 2 aliphatic rings. The molecule has 2 aliphatic heterocycles. The quantitative estimate of drug-likeness (QED) is 0.600. The first-order valence-electron chi connectivity index (χ1n) is 11.0. The van der Waals surface area contributed by atoms with Crippen LogP contribution in [-0.2, 0) is 20.4 Å². The molecule has 2 heterocycles. The molecule has 0 bridgehead atoms. The van der Waals surface area contributed by atoms with Crippen molar-refractivity contribution in [2.24, 2.45) is 5.92 Å². The van der Waals surface area contributed by atoms with Crippen LogP contribution in [-0.4, -0.2) is 53.0 Å². The van der Waals surface area contributed by atoms with Gasteiger partial charge in [-0.2, -0.15) is 13.2 Å². The molecule has 0 aromatic heterocycles. The number of methoxy groups -OCH3 is 2. The number of ether oxygens (including phenoxy) is 2. The fourth-order valence-corrected chi connectivity index (χ4v) is 3.78. The summed E-state index contributed by atoms with van der Waals surface area (Å²) in [6.45, 7) is 9.58. The summed E-state index contributed by atoms with van der Waals surface area (Å²) in [5.74, 6) is -0.164. The van der Waals surface area contributed by atoms with Gasteiger partial charge in [0.15, 0.2) is 0 Å². The van der Waals surface area contributed by atoms with Crippen molar-refractivity contribution in [1.29, 1.82) is 0 Å². The van der Waals surface area contributed by atoms with Crippen LogP contribution in [0.15, 0.2) is 18.2 Å². The van der Waals surface area contributed by atoms with Gasteiger partial charge in [0.1, 0.15) is 0 Å². The first-order valence-corrected chi connectivity index (χ1v) is 11.0. The van der Waals surface area contributed by atoms with Crippen LogP contribution in [0.2, 0.25) is 0 Å². The molecule has 0 radical (unpaired) electrons. The molecule has 5 nitrogen and oxygen atoms in total. The van der Waals surface area contributed by atoms with E-state index in [0.717, 1.165) is 31.7 Å². The van der Waals surface area contributed by atoms with E-state index in [4.69, 9.17) is 4.74 Å². The first kappa shape index (κ1) is 30.2. The summed E-state index contributed by atoms with van der Waals surface area (Å²) in [6, 6.07) is 4.08. The Kier molecular flexibility index (Phi) is 14.3. The normalized spacial score (nSPS) is 18.5. The van der Waals surface area contributed by atoms with Crippen LogP contribution in [0.5, 0.6) is 0 Å². The van der Waals surface area contributed by atoms with Gasteiger partial charge in [-0.3, -0.25) is 4.79 Å². The van der Waals surface area contributed by atoms with Crippen LogP contribution < -0.4 is 10.2 Å². The van der Waals surface area contributed by atoms with Crippen molar-refractivity contribution >= 4 is 11.7 Å². The predicted molar refractivity (Wildman–Crippen MR) is 124 cm³/mol. The van der Waals surface area contributed by atoms with Crippen LogP contribution in [0, 0.1) is 5.92 Å². The molecule has 1 N–H and O–H groups in total. The Hall–Kier alpha value is -1.80. The van der Waals surface area contributed by atoms with Crippen molar-refractivity contribution in [3.63, 3.8) is 0 Å². The van der Waals surface area contributed by atoms with Gasteiger partial charge in [-0.05, 0) is 56.3 Å². The highest BCUT2D eigenvalue weighted by Crippen LogP contribution is 2.38. The summed E-state index contributed by atoms with van der Waals surface area (Å²) >= 11 is 0. The molecule has 2 saturated heterocycles. The van der Waals surface area contributed by atoms with Gasteiger partial charge in [0.25, 0.3) is 0 Å². The topological polar surface area (TPSA) is 50.8 Å². The Bertz CT molecular complexity index is 652. The number of alkyl halides is 3. The Balaban J connectivity index is 0.00000124. The van der Waals surface area contributed by atoms with Crippen LogP contribution >= 0.6 is 0 Å². The molecule has 0 aliphatic carbocycles. The highest BCUT2D eigenvalue weighted by atomic mass is 19.4. The Morgan fingerprint density at radius 2 is 1.75 bits per heavy atom. The minimum atomic E-state index is -4.36. The van der Waals surface area contributed by atoms with Crippen LogP contribution in [0.1, 0.15) is 64.5 Å². The highest BCUT2D eigenvalue weighted by Gasteiger charge is 2.34. The lowest BCUT2D eigenvalue weighted by atomic mass is 9.91. The van der Waals surface area contributed by atoms with Crippen molar-refractivity contribution in [3.8, 4) is 0 Å². The number of piperidine rings is 1. The van der Waals surface area contributed by atoms with E-state index in [1.807, 2.05) is 25.7 Å². The second kappa shape index (κ2) is 15.1. The maximum absolute atomic E-state index is 13.2. The van der Waals surface area contributed by atoms with Gasteiger partial charge < -0.3 is 19.7 Å². The summed E-state index contributed by atoms with van der Waals surface area (Å²) in [6.07, 6.45) is -2.22. The number of benzene rings is 1. The van der Waals surface area contributed by atoms with E-state index in [-0.39, 0.29) is 25.2 Å². The zero-order chi connectivity index (χ0) is 23.4. The molecule has 0 amide bonds. The zero-order valence-corrected chi connectivity index (χ0v) is 19.3. The van der Waals surface area contributed by atoms with Gasteiger partial charge in [0, 0.05) is 39.0 Å². The Morgan fingerprint density at radius 1 is 1.16 bits per heavy atom. The lowest BCUT2D eigenvalue weighted by Gasteiger charge is -2.35. The number of carbonyl (C=O) groups is 1. The van der Waals surface area contributed by atoms with Crippen molar-refractivity contribution in [2.45, 2.75) is 59.6 Å². The van der Waals surface area contributed by atoms with E-state index < -0.39 is 11.7 Å². The van der Waals surface area contributed by atoms with Gasteiger partial charge in [0.2, 0.25) is 0 Å². The number of hydrogen-bond donors (Lipinski definition) is 1. The molecule has 186 valence electrons. The van der Waals surface area contributed by atoms with Crippen LogP contribution in [0.3, 0.4) is 0 Å². The molecule has 1 aromatic carbocycles. The Labute approximate surface area is 191 Å². The molecule has 1 atom stereocenters. The molecular weight excluding hydrogens is 421 g/mol. The van der Waals surface area contributed by atoms with Gasteiger partial charge in [0.05, 0.1) is 18.6 Å². The second-order valence-corrected chi connectivity index (χ2v) is 7.32. The monoisotopic (exact) mass is 462 g/mol. The highest BCUT2D eigenvalue weighted by molar-refractivity contribution is 5.73. The molecule has 2 fully saturated rings. The number of halogens is 3. The van der Waals surface area contributed by atoms with Crippen molar-refractivity contribution in [1.82, 2.24) is 5.32 Å². The number of carbonyl (C=O) groups excluding carboxylic acids is 1. The smallest absolute Gasteiger partial charge is 0.416 e. The van der Waals surface area contributed by atoms with Gasteiger partial charge in [-0.1, -0.05) is 27.3 Å². The fraction of sp³-hybridized carbons (Fsp3) is 0.708. The van der Waals surface area contributed by atoms with E-state index in [2.05, 4.69) is 10.1 Å². The zero-order valence-electron chi connectivity index (χ0n) is 19.3. The third-order valence-electron chi connectivity index (χ3n) is 5.52. The number of hydrogen-bond acceptors (Lipinski definition) is 5. The molecule has 3 rings (SSSR count). The average molecular weight is 463 g/mol. The third-order valence-corrected chi connectivity index (χ3v) is 5.52. The second-order valence-electron chi connectivity index (χ2n) is 7.32. The van der Waals surface area contributed by atoms with E-state index >= 15 is 0 Å². The average Bonchev–Trinajstić information content (AvgIpc) is 3.34. The minimum absolute atomic E-state index is 0. The lowest BCUT2D eigenvalue weighted by molar-refractivity contribution is -0.146. The van der Waals surface area contributed by atoms with Gasteiger partial charge in [-0.25, -0.2) is 0 Å². The molecule has 0 saturated carbocycles. The summed E-state index contributed by atoms with van der Waals surface area (Å²) in [5, 5.41) is 3.27. The number of anilines is 1. The van der Waals surface area contributed by atoms with Crippen molar-refractivity contribution in [2.75, 3.05) is 51.9 Å². The number of nitrogens with zero attached hydrogens (tertiary/aromatic N) is 1. The van der Waals surface area contributed by atoms with Crippen LogP contribution in [0.4, 0.5) is 18.9 Å². The maximum atomic E-state index is 13.2. The van der Waals surface area contributed by atoms with E-state index in [0.29, 0.717) is 31.6 Å². The fourth-order valence-electron chi connectivity index (χ4n) is 3.78. The molecule has 0 spiro atoms. The molecule has 1 unspecified atom stereocenters. The summed E-state index contributed by atoms with van der Waals surface area (Å²) in [7, 11) is 3.05. The molecule has 1 aromatic rings. The number of rotatable bonds is 4. The summed E-state index contributed by atoms with van der Waals surface area (Å²) < 4.78 is 48.8. The molecule has 32 heavy (non-hydrogen) atoms. The Morgan fingerprint density at radius 3 is 2.19 bits per heavy atom. The maximum Gasteiger partial charge on any atom is 0.416 e. The first-order chi connectivity index (χ1) is 14.8. The van der Waals surface area contributed by atoms with Gasteiger partial charge >= 0.3 is 12.1 Å². The third kappa shape index (κ3) is 8.62. The minimum Gasteiger partial charge on any atom is -0.469 e.